The molecule has 0 spiro atoms. The molecular weight excluding hydrogens is 240 g/mol. The van der Waals surface area contributed by atoms with Crippen LogP contribution in [0.3, 0.4) is 0 Å². The first-order valence-electron chi connectivity index (χ1n) is 7.01. The molecule has 0 radical (unpaired) electrons. The van der Waals surface area contributed by atoms with Crippen LogP contribution < -0.4 is 10.1 Å². The van der Waals surface area contributed by atoms with Gasteiger partial charge in [0.25, 0.3) is 5.91 Å². The van der Waals surface area contributed by atoms with Gasteiger partial charge in [-0.05, 0) is 30.9 Å². The number of rotatable bonds is 3. The summed E-state index contributed by atoms with van der Waals surface area (Å²) in [6, 6.07) is 7.54. The Hall–Kier alpha value is -1.55. The molecule has 102 valence electrons. The highest BCUT2D eigenvalue weighted by Crippen LogP contribution is 2.29. The first-order valence-corrected chi connectivity index (χ1v) is 7.01. The Morgan fingerprint density at radius 3 is 2.68 bits per heavy atom. The summed E-state index contributed by atoms with van der Waals surface area (Å²) in [7, 11) is 0. The van der Waals surface area contributed by atoms with E-state index in [9.17, 15) is 4.79 Å². The van der Waals surface area contributed by atoms with Crippen molar-refractivity contribution in [2.75, 3.05) is 32.8 Å². The van der Waals surface area contributed by atoms with Crippen LogP contribution in [0.4, 0.5) is 0 Å². The summed E-state index contributed by atoms with van der Waals surface area (Å²) in [5, 5.41) is 3.39. The predicted molar refractivity (Wildman–Crippen MR) is 73.4 cm³/mol. The van der Waals surface area contributed by atoms with Crippen molar-refractivity contribution >= 4 is 5.91 Å². The number of nitrogens with zero attached hydrogens (tertiary/aromatic N) is 1. The van der Waals surface area contributed by atoms with Crippen molar-refractivity contribution in [1.82, 2.24) is 10.2 Å². The largest absolute Gasteiger partial charge is 0.493 e. The summed E-state index contributed by atoms with van der Waals surface area (Å²) in [6.45, 7) is 6.35. The van der Waals surface area contributed by atoms with E-state index in [1.54, 1.807) is 0 Å². The summed E-state index contributed by atoms with van der Waals surface area (Å²) >= 11 is 0. The van der Waals surface area contributed by atoms with Crippen molar-refractivity contribution in [2.24, 2.45) is 11.8 Å². The number of fused-ring (bicyclic) bond motifs is 1. The summed E-state index contributed by atoms with van der Waals surface area (Å²) in [4.78, 5) is 14.6. The Labute approximate surface area is 113 Å². The van der Waals surface area contributed by atoms with Crippen LogP contribution in [0.1, 0.15) is 17.3 Å². The van der Waals surface area contributed by atoms with E-state index in [0.717, 1.165) is 26.2 Å². The highest BCUT2D eigenvalue weighted by Gasteiger charge is 2.38. The Bertz CT molecular complexity index is 463. The summed E-state index contributed by atoms with van der Waals surface area (Å²) in [6.07, 6.45) is 0. The zero-order valence-corrected chi connectivity index (χ0v) is 11.3. The maximum atomic E-state index is 12.6. The Morgan fingerprint density at radius 2 is 2.00 bits per heavy atom. The van der Waals surface area contributed by atoms with Gasteiger partial charge in [-0.3, -0.25) is 4.79 Å². The second-order valence-electron chi connectivity index (χ2n) is 5.32. The topological polar surface area (TPSA) is 41.6 Å². The average molecular weight is 260 g/mol. The molecule has 4 heteroatoms. The van der Waals surface area contributed by atoms with E-state index in [4.69, 9.17) is 4.74 Å². The minimum Gasteiger partial charge on any atom is -0.493 e. The van der Waals surface area contributed by atoms with Gasteiger partial charge in [0.1, 0.15) is 5.75 Å². The molecule has 1 amide bonds. The van der Waals surface area contributed by atoms with Crippen LogP contribution in [0.2, 0.25) is 0 Å². The van der Waals surface area contributed by atoms with Crippen LogP contribution in [0.5, 0.6) is 5.75 Å². The molecule has 3 rings (SSSR count). The van der Waals surface area contributed by atoms with Gasteiger partial charge >= 0.3 is 0 Å². The van der Waals surface area contributed by atoms with Crippen molar-refractivity contribution in [1.29, 1.82) is 0 Å². The van der Waals surface area contributed by atoms with Gasteiger partial charge in [0.2, 0.25) is 0 Å². The molecule has 0 aromatic heterocycles. The molecule has 0 saturated carbocycles. The molecule has 0 bridgehead atoms. The number of benzene rings is 1. The molecule has 4 nitrogen and oxygen atoms in total. The molecule has 0 aliphatic carbocycles. The SMILES string of the molecule is CCOc1ccccc1C(=O)N1C[C@H]2CNC[C@H]2C1. The maximum Gasteiger partial charge on any atom is 0.257 e. The fraction of sp³-hybridized carbons (Fsp3) is 0.533. The molecule has 2 aliphatic heterocycles. The van der Waals surface area contributed by atoms with Crippen LogP contribution in [-0.2, 0) is 0 Å². The standard InChI is InChI=1S/C15H20N2O2/c1-2-19-14-6-4-3-5-13(14)15(18)17-9-11-7-16-8-12(11)10-17/h3-6,11-12,16H,2,7-10H2,1H3/t11-,12+. The number of hydrogen-bond acceptors (Lipinski definition) is 3. The summed E-state index contributed by atoms with van der Waals surface area (Å²) in [5.41, 5.74) is 0.692. The Morgan fingerprint density at radius 1 is 1.32 bits per heavy atom. The lowest BCUT2D eigenvalue weighted by Crippen LogP contribution is -2.32. The molecule has 1 N–H and O–H groups in total. The first kappa shape index (κ1) is 12.5. The highest BCUT2D eigenvalue weighted by atomic mass is 16.5. The van der Waals surface area contributed by atoms with Gasteiger partial charge in [0.05, 0.1) is 12.2 Å². The number of amides is 1. The van der Waals surface area contributed by atoms with Crippen molar-refractivity contribution in [3.05, 3.63) is 29.8 Å². The number of para-hydroxylation sites is 1. The number of carbonyl (C=O) groups excluding carboxylic acids is 1. The van der Waals surface area contributed by atoms with Crippen molar-refractivity contribution in [3.8, 4) is 5.75 Å². The van der Waals surface area contributed by atoms with Crippen molar-refractivity contribution in [2.45, 2.75) is 6.92 Å². The Balaban J connectivity index is 1.77. The van der Waals surface area contributed by atoms with Crippen molar-refractivity contribution < 1.29 is 9.53 Å². The van der Waals surface area contributed by atoms with Crippen LogP contribution in [0.25, 0.3) is 0 Å². The van der Waals surface area contributed by atoms with Crippen LogP contribution in [0, 0.1) is 11.8 Å². The van der Waals surface area contributed by atoms with Gasteiger partial charge in [-0.1, -0.05) is 12.1 Å². The van der Waals surface area contributed by atoms with E-state index >= 15 is 0 Å². The van der Waals surface area contributed by atoms with E-state index in [2.05, 4.69) is 5.32 Å². The zero-order valence-electron chi connectivity index (χ0n) is 11.3. The number of carbonyl (C=O) groups is 1. The van der Waals surface area contributed by atoms with Crippen molar-refractivity contribution in [3.63, 3.8) is 0 Å². The summed E-state index contributed by atoms with van der Waals surface area (Å²) < 4.78 is 5.55. The minimum absolute atomic E-state index is 0.110. The van der Waals surface area contributed by atoms with Crippen LogP contribution >= 0.6 is 0 Å². The molecular formula is C15H20N2O2. The average Bonchev–Trinajstić information content (AvgIpc) is 2.99. The zero-order chi connectivity index (χ0) is 13.2. The smallest absolute Gasteiger partial charge is 0.257 e. The van der Waals surface area contributed by atoms with E-state index in [-0.39, 0.29) is 5.91 Å². The third-order valence-electron chi connectivity index (χ3n) is 4.09. The first-order chi connectivity index (χ1) is 9.29. The maximum absolute atomic E-state index is 12.6. The molecule has 2 saturated heterocycles. The molecule has 0 unspecified atom stereocenters. The van der Waals surface area contributed by atoms with E-state index < -0.39 is 0 Å². The van der Waals surface area contributed by atoms with Crippen LogP contribution in [0.15, 0.2) is 24.3 Å². The van der Waals surface area contributed by atoms with Gasteiger partial charge in [-0.25, -0.2) is 0 Å². The van der Waals surface area contributed by atoms with Gasteiger partial charge in [0.15, 0.2) is 0 Å². The molecule has 2 fully saturated rings. The molecule has 1 aromatic carbocycles. The highest BCUT2D eigenvalue weighted by molar-refractivity contribution is 5.97. The number of nitrogens with one attached hydrogen (secondary N) is 1. The van der Waals surface area contributed by atoms with E-state index in [1.807, 2.05) is 36.1 Å². The lowest BCUT2D eigenvalue weighted by atomic mass is 10.0. The summed E-state index contributed by atoms with van der Waals surface area (Å²) in [5.74, 6) is 2.06. The molecule has 2 heterocycles. The fourth-order valence-electron chi connectivity index (χ4n) is 3.12. The van der Waals surface area contributed by atoms with Gasteiger partial charge in [-0.2, -0.15) is 0 Å². The third kappa shape index (κ3) is 2.32. The molecule has 2 aliphatic rings. The third-order valence-corrected chi connectivity index (χ3v) is 4.09. The van der Waals surface area contributed by atoms with Gasteiger partial charge in [0, 0.05) is 26.2 Å². The quantitative estimate of drug-likeness (QED) is 0.892. The normalized spacial score (nSPS) is 25.4. The Kier molecular flexibility index (Phi) is 3.42. The lowest BCUT2D eigenvalue weighted by Gasteiger charge is -2.19. The molecule has 19 heavy (non-hydrogen) atoms. The molecule has 2 atom stereocenters. The fourth-order valence-corrected chi connectivity index (χ4v) is 3.12. The lowest BCUT2D eigenvalue weighted by molar-refractivity contribution is 0.0777. The number of ether oxygens (including phenoxy) is 1. The predicted octanol–water partition coefficient (Wildman–Crippen LogP) is 1.38. The van der Waals surface area contributed by atoms with E-state index in [1.165, 1.54) is 0 Å². The van der Waals surface area contributed by atoms with E-state index in [0.29, 0.717) is 29.8 Å². The second kappa shape index (κ2) is 5.21. The minimum atomic E-state index is 0.110. The molecule has 1 aromatic rings. The number of likely N-dealkylation sites (tertiary alicyclic amines) is 1. The number of hydrogen-bond donors (Lipinski definition) is 1. The second-order valence-corrected chi connectivity index (χ2v) is 5.32. The van der Waals surface area contributed by atoms with Gasteiger partial charge in [-0.15, -0.1) is 0 Å². The monoisotopic (exact) mass is 260 g/mol. The van der Waals surface area contributed by atoms with Crippen LogP contribution in [-0.4, -0.2) is 43.6 Å². The van der Waals surface area contributed by atoms with Gasteiger partial charge < -0.3 is 15.0 Å².